The molecular weight excluding hydrogens is 208 g/mol. The fourth-order valence-corrected chi connectivity index (χ4v) is 2.00. The van der Waals surface area contributed by atoms with E-state index in [0.29, 0.717) is 6.42 Å². The van der Waals surface area contributed by atoms with E-state index in [4.69, 9.17) is 9.84 Å². The van der Waals surface area contributed by atoms with Gasteiger partial charge >= 0.3 is 6.16 Å². The minimum absolute atomic E-state index is 0.258. The van der Waals surface area contributed by atoms with Crippen LogP contribution in [-0.4, -0.2) is 23.0 Å². The molecule has 92 valence electrons. The van der Waals surface area contributed by atoms with Gasteiger partial charge in [0.15, 0.2) is 0 Å². The van der Waals surface area contributed by atoms with E-state index in [1.165, 1.54) is 12.8 Å². The van der Waals surface area contributed by atoms with Crippen LogP contribution in [0.25, 0.3) is 0 Å². The number of ether oxygens (including phenoxy) is 1. The molecule has 0 spiro atoms. The second kappa shape index (κ2) is 5.82. The van der Waals surface area contributed by atoms with Crippen LogP contribution >= 0.6 is 0 Å². The Kier molecular flexibility index (Phi) is 4.71. The van der Waals surface area contributed by atoms with Crippen LogP contribution in [0.2, 0.25) is 0 Å². The molecule has 1 N–H and O–H groups in total. The average molecular weight is 228 g/mol. The third-order valence-electron chi connectivity index (χ3n) is 2.78. The first-order valence-electron chi connectivity index (χ1n) is 5.89. The fraction of sp³-hybridized carbons (Fsp3) is 0.909. The maximum Gasteiger partial charge on any atom is 0.508 e. The molecule has 1 aliphatic carbocycles. The molecular formula is C11H20N2O3. The molecule has 0 aromatic carbocycles. The highest BCUT2D eigenvalue weighted by atomic mass is 16.7. The first-order valence-corrected chi connectivity index (χ1v) is 5.89. The Bertz CT molecular complexity index is 262. The molecule has 0 amide bonds. The summed E-state index contributed by atoms with van der Waals surface area (Å²) in [7, 11) is 0. The normalized spacial score (nSPS) is 21.1. The molecule has 1 atom stereocenters. The van der Waals surface area contributed by atoms with Crippen LogP contribution in [0.15, 0.2) is 10.2 Å². The van der Waals surface area contributed by atoms with Crippen LogP contribution in [0.4, 0.5) is 4.79 Å². The highest BCUT2D eigenvalue weighted by Crippen LogP contribution is 2.25. The van der Waals surface area contributed by atoms with Crippen LogP contribution in [0.5, 0.6) is 0 Å². The van der Waals surface area contributed by atoms with Gasteiger partial charge in [0.25, 0.3) is 0 Å². The SMILES string of the molecule is CCCC(C)(N=NC1CCCC1)OC(=O)O. The van der Waals surface area contributed by atoms with E-state index >= 15 is 0 Å². The molecule has 5 nitrogen and oxygen atoms in total. The van der Waals surface area contributed by atoms with Crippen LogP contribution in [0.1, 0.15) is 52.4 Å². The zero-order valence-electron chi connectivity index (χ0n) is 9.98. The van der Waals surface area contributed by atoms with Crippen LogP contribution < -0.4 is 0 Å². The number of carbonyl (C=O) groups is 1. The summed E-state index contributed by atoms with van der Waals surface area (Å²) in [6.45, 7) is 3.64. The monoisotopic (exact) mass is 228 g/mol. The Labute approximate surface area is 95.9 Å². The van der Waals surface area contributed by atoms with Crippen molar-refractivity contribution in [3.8, 4) is 0 Å². The molecule has 1 fully saturated rings. The Balaban J connectivity index is 2.57. The zero-order chi connectivity index (χ0) is 12.0. The number of carboxylic acid groups (broad SMARTS) is 1. The maximum atomic E-state index is 10.6. The standard InChI is InChI=1S/C11H20N2O3/c1-3-8-11(2,16-10(14)15)13-12-9-6-4-5-7-9/h9H,3-8H2,1-2H3,(H,14,15). The van der Waals surface area contributed by atoms with Crippen molar-refractivity contribution < 1.29 is 14.6 Å². The molecule has 1 unspecified atom stereocenters. The van der Waals surface area contributed by atoms with Crippen molar-refractivity contribution in [1.82, 2.24) is 0 Å². The van der Waals surface area contributed by atoms with Gasteiger partial charge < -0.3 is 9.84 Å². The van der Waals surface area contributed by atoms with Gasteiger partial charge in [0, 0.05) is 6.42 Å². The molecule has 0 aliphatic heterocycles. The van der Waals surface area contributed by atoms with Gasteiger partial charge in [-0.1, -0.05) is 26.2 Å². The van der Waals surface area contributed by atoms with Gasteiger partial charge in [0.05, 0.1) is 6.04 Å². The Hall–Kier alpha value is -1.13. The molecule has 0 radical (unpaired) electrons. The van der Waals surface area contributed by atoms with E-state index in [1.807, 2.05) is 6.92 Å². The van der Waals surface area contributed by atoms with Crippen molar-refractivity contribution in [3.63, 3.8) is 0 Å². The number of nitrogens with zero attached hydrogens (tertiary/aromatic N) is 2. The Morgan fingerprint density at radius 1 is 1.50 bits per heavy atom. The van der Waals surface area contributed by atoms with Crippen molar-refractivity contribution in [2.24, 2.45) is 10.2 Å². The van der Waals surface area contributed by atoms with Crippen molar-refractivity contribution in [1.29, 1.82) is 0 Å². The summed E-state index contributed by atoms with van der Waals surface area (Å²) in [6.07, 6.45) is 4.57. The number of rotatable bonds is 5. The minimum Gasteiger partial charge on any atom is -0.450 e. The lowest BCUT2D eigenvalue weighted by Crippen LogP contribution is -2.28. The van der Waals surface area contributed by atoms with Crippen LogP contribution in [0.3, 0.4) is 0 Å². The summed E-state index contributed by atoms with van der Waals surface area (Å²) in [5.41, 5.74) is -1.01. The molecule has 0 bridgehead atoms. The number of hydrogen-bond donors (Lipinski definition) is 1. The predicted octanol–water partition coefficient (Wildman–Crippen LogP) is 3.59. The smallest absolute Gasteiger partial charge is 0.450 e. The average Bonchev–Trinajstić information content (AvgIpc) is 2.66. The number of hydrogen-bond acceptors (Lipinski definition) is 4. The highest BCUT2D eigenvalue weighted by Gasteiger charge is 2.28. The topological polar surface area (TPSA) is 71.2 Å². The summed E-state index contributed by atoms with van der Waals surface area (Å²) in [5.74, 6) is 0. The largest absolute Gasteiger partial charge is 0.508 e. The van der Waals surface area contributed by atoms with Crippen molar-refractivity contribution in [2.75, 3.05) is 0 Å². The maximum absolute atomic E-state index is 10.6. The summed E-state index contributed by atoms with van der Waals surface area (Å²) in [6, 6.07) is 0.258. The summed E-state index contributed by atoms with van der Waals surface area (Å²) in [5, 5.41) is 16.9. The summed E-state index contributed by atoms with van der Waals surface area (Å²) < 4.78 is 4.79. The van der Waals surface area contributed by atoms with Crippen molar-refractivity contribution in [2.45, 2.75) is 64.1 Å². The van der Waals surface area contributed by atoms with E-state index < -0.39 is 11.9 Å². The van der Waals surface area contributed by atoms with Gasteiger partial charge in [0.2, 0.25) is 5.72 Å². The molecule has 0 aromatic rings. The molecule has 0 aromatic heterocycles. The van der Waals surface area contributed by atoms with Crippen molar-refractivity contribution in [3.05, 3.63) is 0 Å². The van der Waals surface area contributed by atoms with E-state index in [1.54, 1.807) is 6.92 Å². The lowest BCUT2D eigenvalue weighted by atomic mass is 10.1. The first-order chi connectivity index (χ1) is 7.56. The van der Waals surface area contributed by atoms with Gasteiger partial charge in [-0.2, -0.15) is 5.11 Å². The van der Waals surface area contributed by atoms with E-state index in [-0.39, 0.29) is 6.04 Å². The van der Waals surface area contributed by atoms with E-state index in [0.717, 1.165) is 19.3 Å². The molecule has 5 heteroatoms. The van der Waals surface area contributed by atoms with Crippen molar-refractivity contribution >= 4 is 6.16 Å². The van der Waals surface area contributed by atoms with Gasteiger partial charge in [-0.05, 0) is 19.8 Å². The van der Waals surface area contributed by atoms with E-state index in [2.05, 4.69) is 10.2 Å². The first kappa shape index (κ1) is 12.9. The molecule has 1 aliphatic rings. The Morgan fingerprint density at radius 3 is 2.62 bits per heavy atom. The van der Waals surface area contributed by atoms with E-state index in [9.17, 15) is 4.79 Å². The Morgan fingerprint density at radius 2 is 2.12 bits per heavy atom. The molecule has 0 saturated heterocycles. The molecule has 1 rings (SSSR count). The van der Waals surface area contributed by atoms with Crippen LogP contribution in [0, 0.1) is 0 Å². The summed E-state index contributed by atoms with van der Waals surface area (Å²) >= 11 is 0. The quantitative estimate of drug-likeness (QED) is 0.577. The second-order valence-electron chi connectivity index (χ2n) is 4.45. The van der Waals surface area contributed by atoms with Gasteiger partial charge in [-0.15, -0.1) is 5.11 Å². The molecule has 0 heterocycles. The van der Waals surface area contributed by atoms with Gasteiger partial charge in [-0.25, -0.2) is 4.79 Å². The second-order valence-corrected chi connectivity index (χ2v) is 4.45. The molecule has 1 saturated carbocycles. The minimum atomic E-state index is -1.29. The highest BCUT2D eigenvalue weighted by molar-refractivity contribution is 5.57. The third kappa shape index (κ3) is 4.16. The lowest BCUT2D eigenvalue weighted by molar-refractivity contribution is -0.0128. The van der Waals surface area contributed by atoms with Crippen LogP contribution in [-0.2, 0) is 4.74 Å². The predicted molar refractivity (Wildman–Crippen MR) is 59.5 cm³/mol. The summed E-state index contributed by atoms with van der Waals surface area (Å²) in [4.78, 5) is 10.6. The number of azo groups is 1. The molecule has 16 heavy (non-hydrogen) atoms. The fourth-order valence-electron chi connectivity index (χ4n) is 2.00. The van der Waals surface area contributed by atoms with Gasteiger partial charge in [-0.3, -0.25) is 0 Å². The lowest BCUT2D eigenvalue weighted by Gasteiger charge is -2.22. The third-order valence-corrected chi connectivity index (χ3v) is 2.78. The zero-order valence-corrected chi connectivity index (χ0v) is 9.98. The van der Waals surface area contributed by atoms with Gasteiger partial charge in [0.1, 0.15) is 0 Å².